The third-order valence-corrected chi connectivity index (χ3v) is 6.88. The molecular weight excluding hydrogens is 412 g/mol. The molecule has 2 aliphatic heterocycles. The van der Waals surface area contributed by atoms with Gasteiger partial charge < -0.3 is 10.2 Å². The van der Waals surface area contributed by atoms with E-state index >= 15 is 0 Å². The first-order chi connectivity index (χ1) is 15.2. The fourth-order valence-electron chi connectivity index (χ4n) is 4.22. The van der Waals surface area contributed by atoms with Gasteiger partial charge in [0, 0.05) is 50.2 Å². The molecule has 0 aromatic carbocycles. The van der Waals surface area contributed by atoms with Crippen molar-refractivity contribution in [2.24, 2.45) is 0 Å². The Morgan fingerprint density at radius 1 is 0.935 bits per heavy atom. The molecule has 0 saturated carbocycles. The minimum absolute atomic E-state index is 0.0259. The van der Waals surface area contributed by atoms with Crippen LogP contribution < -0.4 is 5.32 Å². The lowest BCUT2D eigenvalue weighted by molar-refractivity contribution is -0.133. The standard InChI is InChI=1S/C22H32N6O2S/c29-21(24-20-7-8-23-28(20)16-19-6-5-15-31-19)17-25-11-13-26(14-12-25)18-22(30)27-9-3-1-2-4-10-27/h5-8,15H,1-4,9-14,16-18H2,(H,24,29). The number of carbonyl (C=O) groups excluding carboxylic acids is 2. The van der Waals surface area contributed by atoms with E-state index in [0.717, 1.165) is 57.9 Å². The summed E-state index contributed by atoms with van der Waals surface area (Å²) in [5, 5.41) is 9.36. The highest BCUT2D eigenvalue weighted by molar-refractivity contribution is 7.09. The second-order valence-corrected chi connectivity index (χ2v) is 9.38. The van der Waals surface area contributed by atoms with Crippen LogP contribution >= 0.6 is 11.3 Å². The summed E-state index contributed by atoms with van der Waals surface area (Å²) in [4.78, 5) is 32.8. The van der Waals surface area contributed by atoms with Crippen molar-refractivity contribution in [3.8, 4) is 0 Å². The van der Waals surface area contributed by atoms with E-state index in [0.29, 0.717) is 19.6 Å². The third kappa shape index (κ3) is 6.38. The number of hydrogen-bond donors (Lipinski definition) is 1. The Morgan fingerprint density at radius 3 is 2.32 bits per heavy atom. The van der Waals surface area contributed by atoms with Gasteiger partial charge in [0.05, 0.1) is 25.8 Å². The minimum atomic E-state index is -0.0259. The molecule has 9 heteroatoms. The maximum atomic E-state index is 12.6. The van der Waals surface area contributed by atoms with Crippen molar-refractivity contribution in [2.45, 2.75) is 32.2 Å². The molecule has 0 atom stereocenters. The Labute approximate surface area is 187 Å². The smallest absolute Gasteiger partial charge is 0.239 e. The molecule has 2 aromatic rings. The first-order valence-corrected chi connectivity index (χ1v) is 12.1. The SMILES string of the molecule is O=C(CN1CCN(CC(=O)N2CCCCCC2)CC1)Nc1ccnn1Cc1cccs1. The summed E-state index contributed by atoms with van der Waals surface area (Å²) >= 11 is 1.68. The van der Waals surface area contributed by atoms with Crippen molar-refractivity contribution in [3.63, 3.8) is 0 Å². The number of aromatic nitrogens is 2. The number of hydrogen-bond acceptors (Lipinski definition) is 6. The number of rotatable bonds is 7. The molecular formula is C22H32N6O2S. The van der Waals surface area contributed by atoms with E-state index in [1.165, 1.54) is 17.7 Å². The third-order valence-electron chi connectivity index (χ3n) is 6.02. The van der Waals surface area contributed by atoms with Crippen LogP contribution in [0.25, 0.3) is 0 Å². The Morgan fingerprint density at radius 2 is 1.65 bits per heavy atom. The number of nitrogens with one attached hydrogen (secondary N) is 1. The summed E-state index contributed by atoms with van der Waals surface area (Å²) in [6.45, 7) is 6.57. The zero-order valence-corrected chi connectivity index (χ0v) is 18.9. The second kappa shape index (κ2) is 10.9. The molecule has 2 amide bonds. The van der Waals surface area contributed by atoms with Gasteiger partial charge in [-0.25, -0.2) is 4.68 Å². The summed E-state index contributed by atoms with van der Waals surface area (Å²) in [6, 6.07) is 5.91. The van der Waals surface area contributed by atoms with E-state index in [1.807, 2.05) is 27.1 Å². The zero-order chi connectivity index (χ0) is 21.5. The maximum Gasteiger partial charge on any atom is 0.239 e. The van der Waals surface area contributed by atoms with E-state index in [1.54, 1.807) is 17.5 Å². The molecule has 2 aromatic heterocycles. The minimum Gasteiger partial charge on any atom is -0.342 e. The quantitative estimate of drug-likeness (QED) is 0.707. The molecule has 4 rings (SSSR count). The van der Waals surface area contributed by atoms with Crippen LogP contribution in [0.4, 0.5) is 5.82 Å². The highest BCUT2D eigenvalue weighted by atomic mass is 32.1. The molecule has 2 fully saturated rings. The normalized spacial score (nSPS) is 18.6. The van der Waals surface area contributed by atoms with Crippen molar-refractivity contribution in [1.82, 2.24) is 24.5 Å². The van der Waals surface area contributed by atoms with Crippen LogP contribution in [-0.4, -0.2) is 88.7 Å². The van der Waals surface area contributed by atoms with Crippen LogP contribution in [0.3, 0.4) is 0 Å². The molecule has 0 spiro atoms. The summed E-state index contributed by atoms with van der Waals surface area (Å²) in [6.07, 6.45) is 6.43. The molecule has 4 heterocycles. The average molecular weight is 445 g/mol. The first-order valence-electron chi connectivity index (χ1n) is 11.2. The number of amides is 2. The van der Waals surface area contributed by atoms with Gasteiger partial charge in [-0.3, -0.25) is 19.4 Å². The molecule has 168 valence electrons. The van der Waals surface area contributed by atoms with E-state index in [4.69, 9.17) is 0 Å². The van der Waals surface area contributed by atoms with E-state index < -0.39 is 0 Å². The van der Waals surface area contributed by atoms with Crippen LogP contribution in [0, 0.1) is 0 Å². The topological polar surface area (TPSA) is 73.7 Å². The Kier molecular flexibility index (Phi) is 7.71. The van der Waals surface area contributed by atoms with Crippen molar-refractivity contribution in [2.75, 3.05) is 57.7 Å². The van der Waals surface area contributed by atoms with Crippen LogP contribution in [-0.2, 0) is 16.1 Å². The lowest BCUT2D eigenvalue weighted by atomic mass is 10.2. The fraction of sp³-hybridized carbons (Fsp3) is 0.591. The van der Waals surface area contributed by atoms with Gasteiger partial charge in [-0.2, -0.15) is 5.10 Å². The molecule has 2 aliphatic rings. The maximum absolute atomic E-state index is 12.6. The van der Waals surface area contributed by atoms with Gasteiger partial charge in [0.25, 0.3) is 0 Å². The van der Waals surface area contributed by atoms with Crippen molar-refractivity contribution < 1.29 is 9.59 Å². The number of carbonyl (C=O) groups is 2. The number of likely N-dealkylation sites (tertiary alicyclic amines) is 1. The molecule has 0 aliphatic carbocycles. The second-order valence-electron chi connectivity index (χ2n) is 8.35. The largest absolute Gasteiger partial charge is 0.342 e. The lowest BCUT2D eigenvalue weighted by Crippen LogP contribution is -2.51. The van der Waals surface area contributed by atoms with Crippen LogP contribution in [0.5, 0.6) is 0 Å². The Hall–Kier alpha value is -2.23. The fourth-order valence-corrected chi connectivity index (χ4v) is 4.90. The van der Waals surface area contributed by atoms with Crippen LogP contribution in [0.15, 0.2) is 29.8 Å². The van der Waals surface area contributed by atoms with E-state index in [-0.39, 0.29) is 11.8 Å². The Balaban J connectivity index is 1.19. The summed E-state index contributed by atoms with van der Waals surface area (Å²) < 4.78 is 1.82. The van der Waals surface area contributed by atoms with Crippen LogP contribution in [0.1, 0.15) is 30.6 Å². The molecule has 31 heavy (non-hydrogen) atoms. The number of thiophene rings is 1. The summed E-state index contributed by atoms with van der Waals surface area (Å²) in [7, 11) is 0. The number of anilines is 1. The summed E-state index contributed by atoms with van der Waals surface area (Å²) in [5.41, 5.74) is 0. The lowest BCUT2D eigenvalue weighted by Gasteiger charge is -2.35. The van der Waals surface area contributed by atoms with Gasteiger partial charge in [0.1, 0.15) is 5.82 Å². The molecule has 1 N–H and O–H groups in total. The van der Waals surface area contributed by atoms with Crippen molar-refractivity contribution in [3.05, 3.63) is 34.7 Å². The number of piperazine rings is 1. The predicted octanol–water partition coefficient (Wildman–Crippen LogP) is 1.95. The predicted molar refractivity (Wildman–Crippen MR) is 122 cm³/mol. The molecule has 8 nitrogen and oxygen atoms in total. The van der Waals surface area contributed by atoms with Gasteiger partial charge in [-0.05, 0) is 24.3 Å². The molecule has 0 radical (unpaired) electrons. The van der Waals surface area contributed by atoms with E-state index in [9.17, 15) is 9.59 Å². The van der Waals surface area contributed by atoms with Crippen LogP contribution in [0.2, 0.25) is 0 Å². The van der Waals surface area contributed by atoms with E-state index in [2.05, 4.69) is 26.3 Å². The highest BCUT2D eigenvalue weighted by Crippen LogP contribution is 2.15. The van der Waals surface area contributed by atoms with Gasteiger partial charge in [-0.15, -0.1) is 11.3 Å². The molecule has 0 unspecified atom stereocenters. The monoisotopic (exact) mass is 444 g/mol. The number of nitrogens with zero attached hydrogens (tertiary/aromatic N) is 5. The van der Waals surface area contributed by atoms with Gasteiger partial charge in [0.15, 0.2) is 0 Å². The summed E-state index contributed by atoms with van der Waals surface area (Å²) in [5.74, 6) is 0.953. The van der Waals surface area contributed by atoms with Gasteiger partial charge in [-0.1, -0.05) is 18.9 Å². The molecule has 0 bridgehead atoms. The average Bonchev–Trinajstić information content (AvgIpc) is 3.35. The van der Waals surface area contributed by atoms with Crippen molar-refractivity contribution >= 4 is 29.0 Å². The molecule has 2 saturated heterocycles. The van der Waals surface area contributed by atoms with Gasteiger partial charge >= 0.3 is 0 Å². The highest BCUT2D eigenvalue weighted by Gasteiger charge is 2.23. The first kappa shape index (κ1) is 22.0. The zero-order valence-electron chi connectivity index (χ0n) is 18.0. The van der Waals surface area contributed by atoms with Gasteiger partial charge in [0.2, 0.25) is 11.8 Å². The van der Waals surface area contributed by atoms with Crippen molar-refractivity contribution in [1.29, 1.82) is 0 Å². The Bertz CT molecular complexity index is 836.